The van der Waals surface area contributed by atoms with E-state index in [4.69, 9.17) is 14.0 Å². The predicted molar refractivity (Wildman–Crippen MR) is 130 cm³/mol. The number of hydrogen-bond donors (Lipinski definition) is 2. The van der Waals surface area contributed by atoms with Gasteiger partial charge in [-0.3, -0.25) is 4.79 Å². The number of rotatable bonds is 15. The van der Waals surface area contributed by atoms with Gasteiger partial charge >= 0.3 is 5.97 Å². The van der Waals surface area contributed by atoms with Crippen LogP contribution in [0.15, 0.2) is 34.9 Å². The van der Waals surface area contributed by atoms with E-state index in [1.807, 2.05) is 37.3 Å². The number of nitrogens with one attached hydrogen (secondary N) is 1. The van der Waals surface area contributed by atoms with Crippen LogP contribution in [-0.2, 0) is 30.3 Å². The first kappa shape index (κ1) is 27.5. The molecule has 196 valence electrons. The molecule has 0 bridgehead atoms. The first-order chi connectivity index (χ1) is 17.4. The summed E-state index contributed by atoms with van der Waals surface area (Å²) < 4.78 is 16.1. The molecule has 1 aliphatic carbocycles. The second-order valence-corrected chi connectivity index (χ2v) is 9.47. The molecule has 0 aliphatic heterocycles. The highest BCUT2D eigenvalue weighted by atomic mass is 16.5. The summed E-state index contributed by atoms with van der Waals surface area (Å²) in [5, 5.41) is 16.5. The van der Waals surface area contributed by atoms with E-state index in [0.29, 0.717) is 38.3 Å². The fourth-order valence-corrected chi connectivity index (χ4v) is 4.89. The fourth-order valence-electron chi connectivity index (χ4n) is 4.89. The van der Waals surface area contributed by atoms with E-state index >= 15 is 0 Å². The quantitative estimate of drug-likeness (QED) is 0.352. The second-order valence-electron chi connectivity index (χ2n) is 9.47. The van der Waals surface area contributed by atoms with Crippen molar-refractivity contribution in [2.24, 2.45) is 10.8 Å². The predicted octanol–water partition coefficient (Wildman–Crippen LogP) is 3.06. The molecule has 10 nitrogen and oxygen atoms in total. The highest BCUT2D eigenvalue weighted by Gasteiger charge is 2.48. The Morgan fingerprint density at radius 2 is 2.00 bits per heavy atom. The second kappa shape index (κ2) is 12.7. The SMILES string of the molecule is CCOC[C@@](C=O)(CCOC)CC1(C(=O)N[C@@H](Cc2nc(-c3ccccc3)no2)C(=O)O)CCCC1. The number of carboxylic acids is 1. The van der Waals surface area contributed by atoms with Gasteiger partial charge in [-0.05, 0) is 32.6 Å². The molecule has 1 aliphatic rings. The number of ether oxygens (including phenoxy) is 2. The average molecular weight is 502 g/mol. The molecule has 0 saturated heterocycles. The lowest BCUT2D eigenvalue weighted by atomic mass is 9.68. The Kier molecular flexibility index (Phi) is 9.72. The molecule has 3 rings (SSSR count). The molecular weight excluding hydrogens is 466 g/mol. The highest BCUT2D eigenvalue weighted by Crippen LogP contribution is 2.47. The van der Waals surface area contributed by atoms with Crippen LogP contribution in [0.1, 0.15) is 51.3 Å². The number of amides is 1. The molecule has 1 heterocycles. The summed E-state index contributed by atoms with van der Waals surface area (Å²) in [5.41, 5.74) is -1.03. The topological polar surface area (TPSA) is 141 Å². The molecule has 2 N–H and O–H groups in total. The van der Waals surface area contributed by atoms with E-state index in [0.717, 1.165) is 24.7 Å². The third kappa shape index (κ3) is 6.76. The maximum atomic E-state index is 13.6. The summed E-state index contributed by atoms with van der Waals surface area (Å²) in [6.45, 7) is 2.82. The van der Waals surface area contributed by atoms with Crippen molar-refractivity contribution in [2.75, 3.05) is 26.9 Å². The summed E-state index contributed by atoms with van der Waals surface area (Å²) >= 11 is 0. The highest BCUT2D eigenvalue weighted by molar-refractivity contribution is 5.88. The van der Waals surface area contributed by atoms with Gasteiger partial charge in [0, 0.05) is 25.9 Å². The van der Waals surface area contributed by atoms with E-state index < -0.39 is 22.8 Å². The standard InChI is InChI=1S/C26H35N3O7/c1-3-35-18-25(17-30,13-14-34-2)16-26(11-7-8-12-26)24(33)27-20(23(31)32)15-21-28-22(29-36-21)19-9-5-4-6-10-19/h4-6,9-10,17,20H,3,7-8,11-16,18H2,1-2H3,(H,27,33)(H,31,32)/t20-,25-/m0/s1. The van der Waals surface area contributed by atoms with Gasteiger partial charge in [-0.2, -0.15) is 4.98 Å². The van der Waals surface area contributed by atoms with Gasteiger partial charge in [0.25, 0.3) is 0 Å². The Labute approximate surface area is 210 Å². The number of aliphatic carboxylic acids is 1. The van der Waals surface area contributed by atoms with Crippen LogP contribution in [-0.4, -0.2) is 66.4 Å². The van der Waals surface area contributed by atoms with E-state index in [-0.39, 0.29) is 31.2 Å². The van der Waals surface area contributed by atoms with Crippen LogP contribution < -0.4 is 5.32 Å². The van der Waals surface area contributed by atoms with Gasteiger partial charge < -0.3 is 29.2 Å². The zero-order valence-corrected chi connectivity index (χ0v) is 20.9. The normalized spacial score (nSPS) is 17.3. The van der Waals surface area contributed by atoms with Crippen molar-refractivity contribution in [2.45, 2.75) is 57.9 Å². The molecule has 1 amide bonds. The Morgan fingerprint density at radius 1 is 1.28 bits per heavy atom. The van der Waals surface area contributed by atoms with Gasteiger partial charge in [0.1, 0.15) is 12.3 Å². The minimum atomic E-state index is -1.25. The first-order valence-electron chi connectivity index (χ1n) is 12.3. The Balaban J connectivity index is 1.77. The lowest BCUT2D eigenvalue weighted by molar-refractivity contribution is -0.145. The molecule has 0 unspecified atom stereocenters. The zero-order chi connectivity index (χ0) is 26.0. The van der Waals surface area contributed by atoms with Gasteiger partial charge in [-0.25, -0.2) is 4.79 Å². The number of methoxy groups -OCH3 is 1. The Bertz CT molecular complexity index is 994. The minimum absolute atomic E-state index is 0.112. The van der Waals surface area contributed by atoms with Gasteiger partial charge in [-0.1, -0.05) is 48.3 Å². The van der Waals surface area contributed by atoms with Crippen molar-refractivity contribution in [3.8, 4) is 11.4 Å². The van der Waals surface area contributed by atoms with Crippen LogP contribution in [0, 0.1) is 10.8 Å². The van der Waals surface area contributed by atoms with Crippen LogP contribution in [0.2, 0.25) is 0 Å². The van der Waals surface area contributed by atoms with Crippen molar-refractivity contribution in [3.05, 3.63) is 36.2 Å². The summed E-state index contributed by atoms with van der Waals surface area (Å²) in [6, 6.07) is 7.92. The van der Waals surface area contributed by atoms with Gasteiger partial charge in [0.15, 0.2) is 0 Å². The average Bonchev–Trinajstić information content (AvgIpc) is 3.56. The van der Waals surface area contributed by atoms with Crippen molar-refractivity contribution in [3.63, 3.8) is 0 Å². The third-order valence-electron chi connectivity index (χ3n) is 6.86. The van der Waals surface area contributed by atoms with Crippen molar-refractivity contribution >= 4 is 18.2 Å². The van der Waals surface area contributed by atoms with Crippen molar-refractivity contribution in [1.82, 2.24) is 15.5 Å². The molecule has 1 fully saturated rings. The number of carboxylic acid groups (broad SMARTS) is 1. The summed E-state index contributed by atoms with van der Waals surface area (Å²) in [7, 11) is 1.56. The summed E-state index contributed by atoms with van der Waals surface area (Å²) in [5.74, 6) is -1.12. The van der Waals surface area contributed by atoms with Crippen LogP contribution in [0.4, 0.5) is 0 Å². The lowest BCUT2D eigenvalue weighted by Crippen LogP contribution is -2.51. The van der Waals surface area contributed by atoms with E-state index in [1.165, 1.54) is 0 Å². The largest absolute Gasteiger partial charge is 0.480 e. The number of nitrogens with zero attached hydrogens (tertiary/aromatic N) is 2. The fraction of sp³-hybridized carbons (Fsp3) is 0.577. The summed E-state index contributed by atoms with van der Waals surface area (Å²) in [6.07, 6.45) is 4.17. The van der Waals surface area contributed by atoms with Crippen LogP contribution in [0.3, 0.4) is 0 Å². The zero-order valence-electron chi connectivity index (χ0n) is 20.9. The number of carbonyl (C=O) groups is 3. The van der Waals surface area contributed by atoms with Gasteiger partial charge in [0.05, 0.1) is 23.9 Å². The van der Waals surface area contributed by atoms with Gasteiger partial charge in [0.2, 0.25) is 17.6 Å². The monoisotopic (exact) mass is 501 g/mol. The van der Waals surface area contributed by atoms with E-state index in [1.54, 1.807) is 7.11 Å². The molecule has 2 aromatic rings. The number of benzene rings is 1. The lowest BCUT2D eigenvalue weighted by Gasteiger charge is -2.38. The Hall–Kier alpha value is -3.11. The Morgan fingerprint density at radius 3 is 2.61 bits per heavy atom. The number of carbonyl (C=O) groups excluding carboxylic acids is 2. The molecule has 36 heavy (non-hydrogen) atoms. The van der Waals surface area contributed by atoms with Crippen LogP contribution >= 0.6 is 0 Å². The molecule has 0 radical (unpaired) electrons. The number of aromatic nitrogens is 2. The maximum Gasteiger partial charge on any atom is 0.326 e. The van der Waals surface area contributed by atoms with Crippen molar-refractivity contribution in [1.29, 1.82) is 0 Å². The maximum absolute atomic E-state index is 13.6. The van der Waals surface area contributed by atoms with E-state index in [9.17, 15) is 19.5 Å². The van der Waals surface area contributed by atoms with Crippen LogP contribution in [0.5, 0.6) is 0 Å². The molecular formula is C26H35N3O7. The molecule has 2 atom stereocenters. The number of hydrogen-bond acceptors (Lipinski definition) is 8. The molecule has 1 aromatic carbocycles. The van der Waals surface area contributed by atoms with Crippen LogP contribution in [0.25, 0.3) is 11.4 Å². The minimum Gasteiger partial charge on any atom is -0.480 e. The third-order valence-corrected chi connectivity index (χ3v) is 6.86. The smallest absolute Gasteiger partial charge is 0.326 e. The summed E-state index contributed by atoms with van der Waals surface area (Å²) in [4.78, 5) is 42.3. The van der Waals surface area contributed by atoms with Gasteiger partial charge in [-0.15, -0.1) is 0 Å². The van der Waals surface area contributed by atoms with Crippen molar-refractivity contribution < 1.29 is 33.5 Å². The number of aldehydes is 1. The first-order valence-corrected chi connectivity index (χ1v) is 12.3. The van der Waals surface area contributed by atoms with E-state index in [2.05, 4.69) is 15.5 Å². The molecule has 0 spiro atoms. The molecule has 1 aromatic heterocycles. The molecule has 10 heteroatoms. The molecule has 1 saturated carbocycles.